The van der Waals surface area contributed by atoms with Crippen LogP contribution in [0.5, 0.6) is 0 Å². The number of hydrogen-bond acceptors (Lipinski definition) is 5. The van der Waals surface area contributed by atoms with Crippen LogP contribution in [-0.2, 0) is 11.0 Å². The predicted molar refractivity (Wildman–Crippen MR) is 123 cm³/mol. The number of likely N-dealkylation sites (tertiary alicyclic amines) is 2. The number of anilines is 1. The maximum atomic E-state index is 13.3. The van der Waals surface area contributed by atoms with Crippen molar-refractivity contribution < 1.29 is 22.4 Å². The van der Waals surface area contributed by atoms with Crippen molar-refractivity contribution in [3.05, 3.63) is 54.5 Å². The number of aromatic nitrogens is 3. The Bertz CT molecular complexity index is 1280. The molecule has 2 fully saturated rings. The van der Waals surface area contributed by atoms with Crippen LogP contribution in [0, 0.1) is 0 Å². The summed E-state index contributed by atoms with van der Waals surface area (Å²) in [6.07, 6.45) is -1.83. The van der Waals surface area contributed by atoms with Gasteiger partial charge in [-0.25, -0.2) is 4.39 Å². The fourth-order valence-corrected chi connectivity index (χ4v) is 4.68. The van der Waals surface area contributed by atoms with Gasteiger partial charge in [-0.1, -0.05) is 18.7 Å². The number of hydrogen-bond donors (Lipinski definition) is 1. The molecule has 7 nitrogen and oxygen atoms in total. The third-order valence-corrected chi connectivity index (χ3v) is 6.55. The Balaban J connectivity index is 1.55. The Labute approximate surface area is 199 Å². The van der Waals surface area contributed by atoms with Crippen LogP contribution in [0.4, 0.5) is 23.2 Å². The molecule has 3 aromatic rings. The Morgan fingerprint density at radius 3 is 2.46 bits per heavy atom. The van der Waals surface area contributed by atoms with Crippen molar-refractivity contribution in [2.45, 2.75) is 24.7 Å². The van der Waals surface area contributed by atoms with Gasteiger partial charge < -0.3 is 15.1 Å². The molecule has 184 valence electrons. The van der Waals surface area contributed by atoms with E-state index in [-0.39, 0.29) is 25.2 Å². The van der Waals surface area contributed by atoms with Gasteiger partial charge in [-0.2, -0.15) is 18.3 Å². The van der Waals surface area contributed by atoms with Crippen LogP contribution in [0.2, 0.25) is 0 Å². The Kier molecular flexibility index (Phi) is 5.74. The molecule has 4 heterocycles. The molecule has 0 bridgehead atoms. The van der Waals surface area contributed by atoms with Gasteiger partial charge in [0.05, 0.1) is 17.3 Å². The van der Waals surface area contributed by atoms with Crippen LogP contribution >= 0.6 is 0 Å². The van der Waals surface area contributed by atoms with Gasteiger partial charge in [-0.15, -0.1) is 0 Å². The van der Waals surface area contributed by atoms with Gasteiger partial charge in [0.15, 0.2) is 5.83 Å². The number of amides is 1. The van der Waals surface area contributed by atoms with Crippen molar-refractivity contribution >= 4 is 22.6 Å². The number of rotatable bonds is 5. The van der Waals surface area contributed by atoms with Crippen LogP contribution in [0.1, 0.15) is 18.0 Å². The summed E-state index contributed by atoms with van der Waals surface area (Å²) in [6.45, 7) is 5.39. The molecule has 11 heteroatoms. The first-order valence-corrected chi connectivity index (χ1v) is 11.3. The zero-order valence-electron chi connectivity index (χ0n) is 19.0. The standard InChI is InChI=1S/C24H24F4N6O/c1-14(25)23(35)33-12-18(13-33)34-22-19(30-17-8-10-32(2)11-17)7-9-29-21(22)20(31-34)15-3-5-16(6-4-15)24(26,27)28/h3-7,9,17-18H,1,8,10-13H2,2H3,(H,29,30). The molecule has 5 rings (SSSR count). The second-order valence-electron chi connectivity index (χ2n) is 9.09. The van der Waals surface area contributed by atoms with Gasteiger partial charge in [0, 0.05) is 37.4 Å². The molecule has 2 aromatic heterocycles. The maximum Gasteiger partial charge on any atom is 0.416 e. The molecule has 1 aromatic carbocycles. The second-order valence-corrected chi connectivity index (χ2v) is 9.09. The van der Waals surface area contributed by atoms with Crippen LogP contribution in [0.3, 0.4) is 0 Å². The Morgan fingerprint density at radius 1 is 1.14 bits per heavy atom. The molecule has 35 heavy (non-hydrogen) atoms. The normalized spacial score (nSPS) is 19.2. The SMILES string of the molecule is C=C(F)C(=O)N1CC(n2nc(-c3ccc(C(F)(F)F)cc3)c3nccc(NC4CCN(C)C4)c32)C1. The number of carbonyl (C=O) groups is 1. The lowest BCUT2D eigenvalue weighted by Crippen LogP contribution is -2.51. The van der Waals surface area contributed by atoms with E-state index >= 15 is 0 Å². The average Bonchev–Trinajstić information content (AvgIpc) is 3.36. The minimum absolute atomic E-state index is 0.220. The molecular weight excluding hydrogens is 464 g/mol. The van der Waals surface area contributed by atoms with Crippen LogP contribution < -0.4 is 5.32 Å². The molecule has 2 saturated heterocycles. The van der Waals surface area contributed by atoms with Gasteiger partial charge in [0.2, 0.25) is 0 Å². The van der Waals surface area contributed by atoms with E-state index < -0.39 is 23.5 Å². The number of nitrogens with one attached hydrogen (secondary N) is 1. The number of likely N-dealkylation sites (N-methyl/N-ethyl adjacent to an activating group) is 1. The predicted octanol–water partition coefficient (Wildman–Crippen LogP) is 4.10. The van der Waals surface area contributed by atoms with Crippen LogP contribution in [0.25, 0.3) is 22.3 Å². The highest BCUT2D eigenvalue weighted by Gasteiger charge is 2.36. The first kappa shape index (κ1) is 23.3. The van der Waals surface area contributed by atoms with E-state index in [9.17, 15) is 22.4 Å². The molecule has 0 spiro atoms. The van der Waals surface area contributed by atoms with Gasteiger partial charge >= 0.3 is 6.18 Å². The van der Waals surface area contributed by atoms with E-state index in [4.69, 9.17) is 5.10 Å². The van der Waals surface area contributed by atoms with Crippen LogP contribution in [0.15, 0.2) is 48.9 Å². The fraction of sp³-hybridized carbons (Fsp3) is 0.375. The Hall–Kier alpha value is -3.47. The highest BCUT2D eigenvalue weighted by molar-refractivity contribution is 5.97. The molecule has 1 atom stereocenters. The molecule has 2 aliphatic rings. The summed E-state index contributed by atoms with van der Waals surface area (Å²) < 4.78 is 54.2. The maximum absolute atomic E-state index is 13.3. The molecule has 0 saturated carbocycles. The van der Waals surface area contributed by atoms with Crippen molar-refractivity contribution in [3.63, 3.8) is 0 Å². The van der Waals surface area contributed by atoms with E-state index in [2.05, 4.69) is 28.8 Å². The third-order valence-electron chi connectivity index (χ3n) is 6.55. The molecule has 1 N–H and O–H groups in total. The average molecular weight is 488 g/mol. The highest BCUT2D eigenvalue weighted by atomic mass is 19.4. The Morgan fingerprint density at radius 2 is 1.86 bits per heavy atom. The van der Waals surface area contributed by atoms with Gasteiger partial charge in [0.1, 0.15) is 16.7 Å². The minimum Gasteiger partial charge on any atom is -0.379 e. The van der Waals surface area contributed by atoms with Crippen molar-refractivity contribution in [2.75, 3.05) is 38.5 Å². The summed E-state index contributed by atoms with van der Waals surface area (Å²) in [5.41, 5.74) is 2.25. The number of halogens is 4. The third kappa shape index (κ3) is 4.36. The highest BCUT2D eigenvalue weighted by Crippen LogP contribution is 2.37. The lowest BCUT2D eigenvalue weighted by molar-refractivity contribution is -0.137. The van der Waals surface area contributed by atoms with Crippen molar-refractivity contribution in [1.82, 2.24) is 24.6 Å². The first-order chi connectivity index (χ1) is 16.6. The van der Waals surface area contributed by atoms with E-state index in [1.807, 2.05) is 6.07 Å². The van der Waals surface area contributed by atoms with Crippen molar-refractivity contribution in [1.29, 1.82) is 0 Å². The van der Waals surface area contributed by atoms with Gasteiger partial charge in [-0.05, 0) is 38.2 Å². The summed E-state index contributed by atoms with van der Waals surface area (Å²) in [4.78, 5) is 20.0. The number of nitrogens with zero attached hydrogens (tertiary/aromatic N) is 5. The van der Waals surface area contributed by atoms with E-state index in [0.717, 1.165) is 37.3 Å². The van der Waals surface area contributed by atoms with Gasteiger partial charge in [0.25, 0.3) is 5.91 Å². The molecule has 1 unspecified atom stereocenters. The van der Waals surface area contributed by atoms with Gasteiger partial charge in [-0.3, -0.25) is 14.5 Å². The smallest absolute Gasteiger partial charge is 0.379 e. The fourth-order valence-electron chi connectivity index (χ4n) is 4.68. The van der Waals surface area contributed by atoms with Crippen molar-refractivity contribution in [3.8, 4) is 11.3 Å². The minimum atomic E-state index is -4.44. The summed E-state index contributed by atoms with van der Waals surface area (Å²) >= 11 is 0. The zero-order valence-corrected chi connectivity index (χ0v) is 19.0. The molecule has 2 aliphatic heterocycles. The summed E-state index contributed by atoms with van der Waals surface area (Å²) in [5.74, 6) is -1.78. The van der Waals surface area contributed by atoms with Crippen molar-refractivity contribution in [2.24, 2.45) is 0 Å². The lowest BCUT2D eigenvalue weighted by Gasteiger charge is -2.39. The largest absolute Gasteiger partial charge is 0.416 e. The molecule has 0 radical (unpaired) electrons. The lowest BCUT2D eigenvalue weighted by atomic mass is 10.1. The van der Waals surface area contributed by atoms with E-state index in [1.54, 1.807) is 10.9 Å². The second kappa shape index (κ2) is 8.63. The number of pyridine rings is 1. The van der Waals surface area contributed by atoms with Crippen LogP contribution in [-0.4, -0.2) is 69.7 Å². The summed E-state index contributed by atoms with van der Waals surface area (Å²) in [6, 6.07) is 6.64. The summed E-state index contributed by atoms with van der Waals surface area (Å²) in [5, 5.41) is 8.29. The first-order valence-electron chi connectivity index (χ1n) is 11.3. The van der Waals surface area contributed by atoms with E-state index in [1.165, 1.54) is 17.0 Å². The molecule has 0 aliphatic carbocycles. The zero-order chi connectivity index (χ0) is 24.9. The monoisotopic (exact) mass is 488 g/mol. The summed E-state index contributed by atoms with van der Waals surface area (Å²) in [7, 11) is 2.05. The molecular formula is C24H24F4N6O. The number of fused-ring (bicyclic) bond motifs is 1. The number of benzene rings is 1. The quantitative estimate of drug-likeness (QED) is 0.433. The number of carbonyl (C=O) groups excluding carboxylic acids is 1. The number of alkyl halides is 3. The topological polar surface area (TPSA) is 66.3 Å². The van der Waals surface area contributed by atoms with E-state index in [0.29, 0.717) is 22.3 Å². The molecule has 1 amide bonds.